The fraction of sp³-hybridized carbons (Fsp3) is 0.0769. The Morgan fingerprint density at radius 1 is 1.00 bits per heavy atom. The molecule has 0 radical (unpaired) electrons. The maximum absolute atomic E-state index is 6.22. The molecule has 0 saturated carbocycles. The highest BCUT2D eigenvalue weighted by Gasteiger charge is 2.14. The van der Waals surface area contributed by atoms with Crippen molar-refractivity contribution in [2.45, 2.75) is 6.92 Å². The van der Waals surface area contributed by atoms with Gasteiger partial charge in [-0.05, 0) is 36.1 Å². The van der Waals surface area contributed by atoms with E-state index in [1.807, 2.05) is 24.4 Å². The van der Waals surface area contributed by atoms with Crippen molar-refractivity contribution in [3.05, 3.63) is 44.3 Å². The number of hydrogen-bond acceptors (Lipinski definition) is 3. The van der Waals surface area contributed by atoms with Gasteiger partial charge in [0, 0.05) is 10.4 Å². The lowest BCUT2D eigenvalue weighted by molar-refractivity contribution is 1.23. The Labute approximate surface area is 129 Å². The first-order valence-electron chi connectivity index (χ1n) is 5.43. The normalized spacial score (nSPS) is 11.2. The first kappa shape index (κ1) is 13.1. The summed E-state index contributed by atoms with van der Waals surface area (Å²) < 4.78 is 0. The maximum atomic E-state index is 6.22. The molecular weight excluding hydrogens is 323 g/mol. The average Bonchev–Trinajstić information content (AvgIpc) is 2.80. The molecule has 0 spiro atoms. The number of thiophene rings is 1. The lowest BCUT2D eigenvalue weighted by Crippen LogP contribution is -1.93. The van der Waals surface area contributed by atoms with Gasteiger partial charge in [0.15, 0.2) is 5.82 Å². The van der Waals surface area contributed by atoms with Crippen molar-refractivity contribution >= 4 is 57.0 Å². The van der Waals surface area contributed by atoms with E-state index in [1.165, 1.54) is 11.3 Å². The molecule has 2 heterocycles. The molecule has 0 amide bonds. The Balaban J connectivity index is 2.35. The molecule has 19 heavy (non-hydrogen) atoms. The summed E-state index contributed by atoms with van der Waals surface area (Å²) in [6.45, 7) is 1.91. The van der Waals surface area contributed by atoms with E-state index in [2.05, 4.69) is 9.97 Å². The van der Waals surface area contributed by atoms with E-state index in [4.69, 9.17) is 34.8 Å². The molecule has 2 nitrogen and oxygen atoms in total. The Hall–Kier alpha value is -0.870. The van der Waals surface area contributed by atoms with Gasteiger partial charge in [0.2, 0.25) is 0 Å². The summed E-state index contributed by atoms with van der Waals surface area (Å²) >= 11 is 19.9. The van der Waals surface area contributed by atoms with Crippen LogP contribution in [0.1, 0.15) is 5.56 Å². The smallest absolute Gasteiger partial charge is 0.173 e. The number of aromatic nitrogens is 2. The Morgan fingerprint density at radius 2 is 1.79 bits per heavy atom. The van der Waals surface area contributed by atoms with Crippen LogP contribution >= 0.6 is 46.1 Å². The Kier molecular flexibility index (Phi) is 3.39. The SMILES string of the molecule is Cc1c(Cl)ccc2c(Cl)nc(-c3sccc3Cl)nc12. The van der Waals surface area contributed by atoms with Crippen molar-refractivity contribution in [3.8, 4) is 10.7 Å². The third-order valence-corrected chi connectivity index (χ3v) is 4.86. The van der Waals surface area contributed by atoms with Crippen molar-refractivity contribution in [3.63, 3.8) is 0 Å². The minimum absolute atomic E-state index is 0.407. The molecule has 0 aliphatic carbocycles. The van der Waals surface area contributed by atoms with Crippen LogP contribution in [0.25, 0.3) is 21.6 Å². The van der Waals surface area contributed by atoms with Gasteiger partial charge in [-0.1, -0.05) is 34.8 Å². The van der Waals surface area contributed by atoms with Crippen molar-refractivity contribution in [2.24, 2.45) is 0 Å². The third kappa shape index (κ3) is 2.21. The summed E-state index contributed by atoms with van der Waals surface area (Å²) in [6.07, 6.45) is 0. The van der Waals surface area contributed by atoms with Gasteiger partial charge in [0.1, 0.15) is 5.15 Å². The highest BCUT2D eigenvalue weighted by molar-refractivity contribution is 7.14. The molecular formula is C13H7Cl3N2S. The van der Waals surface area contributed by atoms with Gasteiger partial charge in [0.05, 0.1) is 15.4 Å². The molecule has 2 aromatic heterocycles. The average molecular weight is 330 g/mol. The molecule has 0 N–H and O–H groups in total. The lowest BCUT2D eigenvalue weighted by atomic mass is 10.1. The van der Waals surface area contributed by atoms with Gasteiger partial charge in [-0.3, -0.25) is 0 Å². The molecule has 0 aliphatic heterocycles. The highest BCUT2D eigenvalue weighted by atomic mass is 35.5. The molecule has 0 fully saturated rings. The van der Waals surface area contributed by atoms with Crippen molar-refractivity contribution in [2.75, 3.05) is 0 Å². The van der Waals surface area contributed by atoms with Crippen molar-refractivity contribution in [1.29, 1.82) is 0 Å². The van der Waals surface area contributed by atoms with Crippen LogP contribution in [0.4, 0.5) is 0 Å². The van der Waals surface area contributed by atoms with Crippen LogP contribution in [0.2, 0.25) is 15.2 Å². The van der Waals surface area contributed by atoms with Gasteiger partial charge in [-0.2, -0.15) is 0 Å². The second-order valence-corrected chi connectivity index (χ2v) is 6.09. The summed E-state index contributed by atoms with van der Waals surface area (Å²) in [7, 11) is 0. The van der Waals surface area contributed by atoms with E-state index in [0.29, 0.717) is 21.0 Å². The molecule has 0 unspecified atom stereocenters. The van der Waals surface area contributed by atoms with E-state index in [1.54, 1.807) is 6.07 Å². The molecule has 3 aromatic rings. The van der Waals surface area contributed by atoms with Crippen LogP contribution in [0.15, 0.2) is 23.6 Å². The highest BCUT2D eigenvalue weighted by Crippen LogP contribution is 2.35. The summed E-state index contributed by atoms with van der Waals surface area (Å²) in [5, 5.41) is 4.37. The first-order chi connectivity index (χ1) is 9.08. The molecule has 1 aromatic carbocycles. The number of nitrogens with zero attached hydrogens (tertiary/aromatic N) is 2. The first-order valence-corrected chi connectivity index (χ1v) is 7.45. The standard InChI is InChI=1S/C13H7Cl3N2S/c1-6-8(14)3-2-7-10(6)17-13(18-12(7)16)11-9(15)4-5-19-11/h2-5H,1H3. The summed E-state index contributed by atoms with van der Waals surface area (Å²) in [6, 6.07) is 5.44. The van der Waals surface area contributed by atoms with Crippen LogP contribution < -0.4 is 0 Å². The second kappa shape index (κ2) is 4.91. The molecule has 3 rings (SSSR count). The van der Waals surface area contributed by atoms with E-state index >= 15 is 0 Å². The monoisotopic (exact) mass is 328 g/mol. The Bertz CT molecular complexity index is 783. The molecule has 0 saturated heterocycles. The number of rotatable bonds is 1. The lowest BCUT2D eigenvalue weighted by Gasteiger charge is -2.07. The van der Waals surface area contributed by atoms with Gasteiger partial charge < -0.3 is 0 Å². The van der Waals surface area contributed by atoms with Crippen LogP contribution in [-0.4, -0.2) is 9.97 Å². The van der Waals surface area contributed by atoms with Gasteiger partial charge in [-0.25, -0.2) is 9.97 Å². The maximum Gasteiger partial charge on any atom is 0.173 e. The topological polar surface area (TPSA) is 25.8 Å². The molecule has 0 atom stereocenters. The van der Waals surface area contributed by atoms with Crippen molar-refractivity contribution < 1.29 is 0 Å². The summed E-state index contributed by atoms with van der Waals surface area (Å²) in [4.78, 5) is 9.67. The largest absolute Gasteiger partial charge is 0.227 e. The van der Waals surface area contributed by atoms with Crippen molar-refractivity contribution in [1.82, 2.24) is 9.97 Å². The number of hydrogen-bond donors (Lipinski definition) is 0. The minimum Gasteiger partial charge on any atom is -0.227 e. The van der Waals surface area contributed by atoms with E-state index in [0.717, 1.165) is 21.3 Å². The summed E-state index contributed by atoms with van der Waals surface area (Å²) in [5.74, 6) is 0.530. The predicted molar refractivity (Wildman–Crippen MR) is 82.6 cm³/mol. The van der Waals surface area contributed by atoms with Gasteiger partial charge in [-0.15, -0.1) is 11.3 Å². The Morgan fingerprint density at radius 3 is 2.47 bits per heavy atom. The van der Waals surface area contributed by atoms with E-state index < -0.39 is 0 Å². The summed E-state index contributed by atoms with van der Waals surface area (Å²) in [5.41, 5.74) is 1.64. The number of aryl methyl sites for hydroxylation is 1. The minimum atomic E-state index is 0.407. The van der Waals surface area contributed by atoms with Crippen LogP contribution in [0.5, 0.6) is 0 Å². The fourth-order valence-corrected chi connectivity index (χ4v) is 3.28. The van der Waals surface area contributed by atoms with E-state index in [9.17, 15) is 0 Å². The van der Waals surface area contributed by atoms with Gasteiger partial charge >= 0.3 is 0 Å². The van der Waals surface area contributed by atoms with Crippen LogP contribution in [0.3, 0.4) is 0 Å². The number of halogens is 3. The van der Waals surface area contributed by atoms with Crippen LogP contribution in [0, 0.1) is 6.92 Å². The third-order valence-electron chi connectivity index (χ3n) is 2.83. The number of benzene rings is 1. The van der Waals surface area contributed by atoms with E-state index in [-0.39, 0.29) is 0 Å². The predicted octanol–water partition coefficient (Wildman–Crippen LogP) is 5.63. The zero-order chi connectivity index (χ0) is 13.6. The van der Waals surface area contributed by atoms with Gasteiger partial charge in [0.25, 0.3) is 0 Å². The fourth-order valence-electron chi connectivity index (χ4n) is 1.83. The second-order valence-electron chi connectivity index (χ2n) is 4.00. The molecule has 0 aliphatic rings. The molecule has 0 bridgehead atoms. The molecule has 6 heteroatoms. The zero-order valence-electron chi connectivity index (χ0n) is 9.75. The quantitative estimate of drug-likeness (QED) is 0.541. The molecule has 96 valence electrons. The zero-order valence-corrected chi connectivity index (χ0v) is 12.8. The number of fused-ring (bicyclic) bond motifs is 1. The van der Waals surface area contributed by atoms with Crippen LogP contribution in [-0.2, 0) is 0 Å².